The third kappa shape index (κ3) is 2.93. The average molecular weight is 296 g/mol. The molecule has 5 heteroatoms. The largest absolute Gasteiger partial charge is 0.482 e. The van der Waals surface area contributed by atoms with E-state index in [1.165, 1.54) is 0 Å². The van der Waals surface area contributed by atoms with Gasteiger partial charge in [-0.25, -0.2) is 0 Å². The quantitative estimate of drug-likeness (QED) is 0.913. The summed E-state index contributed by atoms with van der Waals surface area (Å²) in [4.78, 5) is 23.4. The van der Waals surface area contributed by atoms with Crippen LogP contribution in [0.5, 0.6) is 5.75 Å². The van der Waals surface area contributed by atoms with Crippen molar-refractivity contribution in [3.63, 3.8) is 0 Å². The van der Waals surface area contributed by atoms with Gasteiger partial charge in [0.15, 0.2) is 6.61 Å². The van der Waals surface area contributed by atoms with Crippen LogP contribution >= 0.6 is 0 Å². The van der Waals surface area contributed by atoms with Gasteiger partial charge in [0.1, 0.15) is 5.75 Å². The molecule has 0 atom stereocenters. The predicted octanol–water partition coefficient (Wildman–Crippen LogP) is 2.26. The Labute approximate surface area is 128 Å². The first-order chi connectivity index (χ1) is 10.6. The molecule has 1 heterocycles. The highest BCUT2D eigenvalue weighted by molar-refractivity contribution is 5.96. The van der Waals surface area contributed by atoms with Crippen LogP contribution < -0.4 is 15.4 Å². The molecule has 0 bridgehead atoms. The molecular formula is C17H16N2O3. The van der Waals surface area contributed by atoms with Crippen molar-refractivity contribution >= 4 is 17.5 Å². The number of hydrogen-bond donors (Lipinski definition) is 2. The highest BCUT2D eigenvalue weighted by Crippen LogP contribution is 2.28. The number of aryl methyl sites for hydroxylation is 1. The maximum Gasteiger partial charge on any atom is 0.262 e. The van der Waals surface area contributed by atoms with Crippen LogP contribution in [0.4, 0.5) is 5.69 Å². The second-order valence-electron chi connectivity index (χ2n) is 5.16. The summed E-state index contributed by atoms with van der Waals surface area (Å²) in [6.45, 7) is 2.33. The number of rotatable bonds is 3. The van der Waals surface area contributed by atoms with Gasteiger partial charge in [-0.05, 0) is 36.2 Å². The molecule has 2 N–H and O–H groups in total. The topological polar surface area (TPSA) is 67.4 Å². The van der Waals surface area contributed by atoms with Gasteiger partial charge in [-0.15, -0.1) is 0 Å². The van der Waals surface area contributed by atoms with Crippen LogP contribution in [0, 0.1) is 6.92 Å². The predicted molar refractivity (Wildman–Crippen MR) is 82.9 cm³/mol. The number of benzene rings is 2. The van der Waals surface area contributed by atoms with Crippen LogP contribution in [0.1, 0.15) is 21.5 Å². The van der Waals surface area contributed by atoms with Crippen LogP contribution in [-0.2, 0) is 11.3 Å². The van der Waals surface area contributed by atoms with E-state index in [-0.39, 0.29) is 18.4 Å². The summed E-state index contributed by atoms with van der Waals surface area (Å²) < 4.78 is 5.36. The van der Waals surface area contributed by atoms with Gasteiger partial charge >= 0.3 is 0 Å². The Bertz CT molecular complexity index is 740. The Balaban J connectivity index is 1.68. The van der Waals surface area contributed by atoms with Crippen molar-refractivity contribution in [2.75, 3.05) is 11.9 Å². The molecule has 0 spiro atoms. The first kappa shape index (κ1) is 14.1. The lowest BCUT2D eigenvalue weighted by Gasteiger charge is -2.18. The molecule has 0 aliphatic carbocycles. The summed E-state index contributed by atoms with van der Waals surface area (Å²) >= 11 is 0. The van der Waals surface area contributed by atoms with E-state index < -0.39 is 0 Å². The van der Waals surface area contributed by atoms with E-state index in [1.807, 2.05) is 37.3 Å². The fraction of sp³-hybridized carbons (Fsp3) is 0.176. The number of nitrogens with one attached hydrogen (secondary N) is 2. The zero-order valence-electron chi connectivity index (χ0n) is 12.2. The number of amides is 2. The van der Waals surface area contributed by atoms with Crippen LogP contribution in [0.2, 0.25) is 0 Å². The molecule has 1 aliphatic rings. The molecule has 0 radical (unpaired) electrons. The Morgan fingerprint density at radius 1 is 1.27 bits per heavy atom. The summed E-state index contributed by atoms with van der Waals surface area (Å²) in [5.41, 5.74) is 3.18. The maximum absolute atomic E-state index is 12.2. The van der Waals surface area contributed by atoms with Gasteiger partial charge < -0.3 is 15.4 Å². The first-order valence-electron chi connectivity index (χ1n) is 7.03. The zero-order valence-corrected chi connectivity index (χ0v) is 12.2. The van der Waals surface area contributed by atoms with E-state index in [2.05, 4.69) is 10.6 Å². The van der Waals surface area contributed by atoms with Gasteiger partial charge in [0.25, 0.3) is 11.8 Å². The molecular weight excluding hydrogens is 280 g/mol. The van der Waals surface area contributed by atoms with Crippen LogP contribution in [-0.4, -0.2) is 18.4 Å². The highest BCUT2D eigenvalue weighted by Gasteiger charge is 2.16. The number of ether oxygens (including phenoxy) is 1. The Hall–Kier alpha value is -2.82. The lowest BCUT2D eigenvalue weighted by molar-refractivity contribution is -0.118. The minimum atomic E-state index is -0.159. The molecule has 22 heavy (non-hydrogen) atoms. The SMILES string of the molecule is Cc1ccccc1C(=O)NCc1ccc2c(c1)OCC(=O)N2. The van der Waals surface area contributed by atoms with Gasteiger partial charge in [-0.3, -0.25) is 9.59 Å². The lowest BCUT2D eigenvalue weighted by Crippen LogP contribution is -2.26. The van der Waals surface area contributed by atoms with Crippen LogP contribution in [0.15, 0.2) is 42.5 Å². The zero-order chi connectivity index (χ0) is 15.5. The van der Waals surface area contributed by atoms with Crippen molar-refractivity contribution < 1.29 is 14.3 Å². The van der Waals surface area contributed by atoms with Crippen molar-refractivity contribution in [1.82, 2.24) is 5.32 Å². The minimum absolute atomic E-state index is 0.0199. The van der Waals surface area contributed by atoms with Crippen molar-refractivity contribution in [2.45, 2.75) is 13.5 Å². The summed E-state index contributed by atoms with van der Waals surface area (Å²) in [6.07, 6.45) is 0. The summed E-state index contributed by atoms with van der Waals surface area (Å²) in [6, 6.07) is 12.9. The maximum atomic E-state index is 12.2. The van der Waals surface area contributed by atoms with Gasteiger partial charge in [0, 0.05) is 12.1 Å². The van der Waals surface area contributed by atoms with E-state index >= 15 is 0 Å². The third-order valence-corrected chi connectivity index (χ3v) is 3.52. The molecule has 1 aliphatic heterocycles. The molecule has 0 unspecified atom stereocenters. The highest BCUT2D eigenvalue weighted by atomic mass is 16.5. The standard InChI is InChI=1S/C17H16N2O3/c1-11-4-2-3-5-13(11)17(21)18-9-12-6-7-14-15(8-12)22-10-16(20)19-14/h2-8H,9-10H2,1H3,(H,18,21)(H,19,20). The number of carbonyl (C=O) groups is 2. The monoisotopic (exact) mass is 296 g/mol. The van der Waals surface area contributed by atoms with Crippen LogP contribution in [0.3, 0.4) is 0 Å². The smallest absolute Gasteiger partial charge is 0.262 e. The minimum Gasteiger partial charge on any atom is -0.482 e. The second kappa shape index (κ2) is 5.89. The first-order valence-corrected chi connectivity index (χ1v) is 7.03. The summed E-state index contributed by atoms with van der Waals surface area (Å²) in [5, 5.41) is 5.62. The van der Waals surface area contributed by atoms with Crippen molar-refractivity contribution in [2.24, 2.45) is 0 Å². The van der Waals surface area contributed by atoms with Crippen molar-refractivity contribution in [3.8, 4) is 5.75 Å². The fourth-order valence-corrected chi connectivity index (χ4v) is 2.33. The number of anilines is 1. The summed E-state index contributed by atoms with van der Waals surface area (Å²) in [7, 11) is 0. The average Bonchev–Trinajstić information content (AvgIpc) is 2.53. The third-order valence-electron chi connectivity index (χ3n) is 3.52. The van der Waals surface area contributed by atoms with Crippen LogP contribution in [0.25, 0.3) is 0 Å². The van der Waals surface area contributed by atoms with Gasteiger partial charge in [0.05, 0.1) is 5.69 Å². The molecule has 2 aromatic rings. The van der Waals surface area contributed by atoms with Crippen molar-refractivity contribution in [3.05, 3.63) is 59.2 Å². The molecule has 3 rings (SSSR count). The van der Waals surface area contributed by atoms with E-state index in [0.717, 1.165) is 11.1 Å². The Morgan fingerprint density at radius 3 is 2.91 bits per heavy atom. The fourth-order valence-electron chi connectivity index (χ4n) is 2.33. The molecule has 0 saturated carbocycles. The van der Waals surface area contributed by atoms with Gasteiger partial charge in [-0.2, -0.15) is 0 Å². The second-order valence-corrected chi connectivity index (χ2v) is 5.16. The molecule has 2 amide bonds. The Morgan fingerprint density at radius 2 is 2.09 bits per heavy atom. The van der Waals surface area contributed by atoms with E-state index in [0.29, 0.717) is 23.5 Å². The van der Waals surface area contributed by atoms with Gasteiger partial charge in [0.2, 0.25) is 0 Å². The van der Waals surface area contributed by atoms with E-state index in [1.54, 1.807) is 12.1 Å². The molecule has 112 valence electrons. The Kier molecular flexibility index (Phi) is 3.78. The number of fused-ring (bicyclic) bond motifs is 1. The molecule has 2 aromatic carbocycles. The molecule has 0 saturated heterocycles. The molecule has 5 nitrogen and oxygen atoms in total. The molecule has 0 fully saturated rings. The van der Waals surface area contributed by atoms with E-state index in [9.17, 15) is 9.59 Å². The summed E-state index contributed by atoms with van der Waals surface area (Å²) in [5.74, 6) is 0.361. The normalized spacial score (nSPS) is 12.9. The van der Waals surface area contributed by atoms with Crippen molar-refractivity contribution in [1.29, 1.82) is 0 Å². The molecule has 0 aromatic heterocycles. The number of hydrogen-bond acceptors (Lipinski definition) is 3. The lowest BCUT2D eigenvalue weighted by atomic mass is 10.1. The van der Waals surface area contributed by atoms with Gasteiger partial charge in [-0.1, -0.05) is 24.3 Å². The number of carbonyl (C=O) groups excluding carboxylic acids is 2. The van der Waals surface area contributed by atoms with E-state index in [4.69, 9.17) is 4.74 Å².